The molecule has 7 nitrogen and oxygen atoms in total. The van der Waals surface area contributed by atoms with E-state index in [4.69, 9.17) is 0 Å². The molecule has 0 saturated carbocycles. The molecule has 0 fully saturated rings. The summed E-state index contributed by atoms with van der Waals surface area (Å²) in [6.07, 6.45) is 1.86. The van der Waals surface area contributed by atoms with Gasteiger partial charge in [-0.25, -0.2) is 8.42 Å². The highest BCUT2D eigenvalue weighted by atomic mass is 32.2. The number of hydrogen-bond donors (Lipinski definition) is 2. The molecule has 0 radical (unpaired) electrons. The summed E-state index contributed by atoms with van der Waals surface area (Å²) in [5.74, 6) is -0.828. The molecule has 8 heteroatoms. The lowest BCUT2D eigenvalue weighted by Gasteiger charge is -2.25. The van der Waals surface area contributed by atoms with Gasteiger partial charge >= 0.3 is 0 Å². The molecule has 0 atom stereocenters. The molecule has 0 bridgehead atoms. The second-order valence-electron chi connectivity index (χ2n) is 6.86. The van der Waals surface area contributed by atoms with Crippen LogP contribution in [0.3, 0.4) is 0 Å². The van der Waals surface area contributed by atoms with E-state index < -0.39 is 22.5 Å². The lowest BCUT2D eigenvalue weighted by Crippen LogP contribution is -2.38. The van der Waals surface area contributed by atoms with E-state index in [-0.39, 0.29) is 5.91 Å². The van der Waals surface area contributed by atoms with Crippen LogP contribution in [0.2, 0.25) is 0 Å². The van der Waals surface area contributed by atoms with Gasteiger partial charge in [0.1, 0.15) is 6.54 Å². The standard InChI is InChI=1S/C21H27N3O4S/c1-5-13-22-21(26)17-11-6-7-12-18(17)23-19(25)14-24(29(4,27)28)20-15(2)9-8-10-16(20)3/h6-12H,5,13-14H2,1-4H3,(H,22,26)(H,23,25). The van der Waals surface area contributed by atoms with Crippen molar-refractivity contribution in [2.75, 3.05) is 29.0 Å². The molecule has 2 aromatic rings. The Morgan fingerprint density at radius 2 is 1.62 bits per heavy atom. The van der Waals surface area contributed by atoms with Crippen molar-refractivity contribution in [1.29, 1.82) is 0 Å². The van der Waals surface area contributed by atoms with Crippen molar-refractivity contribution in [1.82, 2.24) is 5.32 Å². The Bertz CT molecular complexity index is 982. The number of nitrogens with one attached hydrogen (secondary N) is 2. The highest BCUT2D eigenvalue weighted by Gasteiger charge is 2.24. The molecule has 0 aliphatic carbocycles. The fourth-order valence-corrected chi connectivity index (χ4v) is 3.98. The van der Waals surface area contributed by atoms with Crippen molar-refractivity contribution in [3.8, 4) is 0 Å². The second-order valence-corrected chi connectivity index (χ2v) is 8.77. The molecule has 0 aliphatic rings. The third-order valence-corrected chi connectivity index (χ3v) is 5.47. The largest absolute Gasteiger partial charge is 0.352 e. The number of rotatable bonds is 8. The van der Waals surface area contributed by atoms with Crippen molar-refractivity contribution >= 4 is 33.2 Å². The van der Waals surface area contributed by atoms with Gasteiger partial charge in [-0.3, -0.25) is 13.9 Å². The van der Waals surface area contributed by atoms with E-state index in [0.29, 0.717) is 23.5 Å². The number of carbonyl (C=O) groups is 2. The zero-order chi connectivity index (χ0) is 21.6. The first-order valence-corrected chi connectivity index (χ1v) is 11.2. The maximum Gasteiger partial charge on any atom is 0.253 e. The normalized spacial score (nSPS) is 11.0. The summed E-state index contributed by atoms with van der Waals surface area (Å²) in [5, 5.41) is 5.44. The maximum atomic E-state index is 12.7. The topological polar surface area (TPSA) is 95.6 Å². The molecule has 0 aliphatic heterocycles. The van der Waals surface area contributed by atoms with Crippen LogP contribution in [0.5, 0.6) is 0 Å². The molecule has 0 saturated heterocycles. The lowest BCUT2D eigenvalue weighted by molar-refractivity contribution is -0.114. The average Bonchev–Trinajstić information content (AvgIpc) is 2.64. The van der Waals surface area contributed by atoms with Gasteiger partial charge in [0, 0.05) is 6.54 Å². The average molecular weight is 418 g/mol. The zero-order valence-electron chi connectivity index (χ0n) is 17.2. The van der Waals surface area contributed by atoms with Crippen molar-refractivity contribution in [2.24, 2.45) is 0 Å². The van der Waals surface area contributed by atoms with Crippen LogP contribution in [-0.4, -0.2) is 39.6 Å². The highest BCUT2D eigenvalue weighted by molar-refractivity contribution is 7.92. The molecule has 2 aromatic carbocycles. The van der Waals surface area contributed by atoms with Crippen molar-refractivity contribution in [2.45, 2.75) is 27.2 Å². The number of anilines is 2. The van der Waals surface area contributed by atoms with Crippen LogP contribution in [0, 0.1) is 13.8 Å². The minimum absolute atomic E-state index is 0.294. The van der Waals surface area contributed by atoms with Crippen molar-refractivity contribution in [3.63, 3.8) is 0 Å². The van der Waals surface area contributed by atoms with E-state index in [1.54, 1.807) is 50.2 Å². The number of nitrogens with zero attached hydrogens (tertiary/aromatic N) is 1. The molecule has 29 heavy (non-hydrogen) atoms. The van der Waals surface area contributed by atoms with E-state index in [1.165, 1.54) is 0 Å². The Morgan fingerprint density at radius 1 is 1.00 bits per heavy atom. The SMILES string of the molecule is CCCNC(=O)c1ccccc1NC(=O)CN(c1c(C)cccc1C)S(C)(=O)=O. The number of benzene rings is 2. The Kier molecular flexibility index (Phi) is 7.39. The van der Waals surface area contributed by atoms with Crippen LogP contribution in [0.1, 0.15) is 34.8 Å². The summed E-state index contributed by atoms with van der Waals surface area (Å²) in [6.45, 7) is 5.67. The molecule has 156 valence electrons. The first-order chi connectivity index (χ1) is 13.6. The summed E-state index contributed by atoms with van der Waals surface area (Å²) < 4.78 is 25.9. The smallest absolute Gasteiger partial charge is 0.253 e. The summed E-state index contributed by atoms with van der Waals surface area (Å²) in [5.41, 5.74) is 2.65. The molecule has 2 rings (SSSR count). The van der Waals surface area contributed by atoms with Crippen LogP contribution in [-0.2, 0) is 14.8 Å². The van der Waals surface area contributed by atoms with Crippen molar-refractivity contribution in [3.05, 3.63) is 59.2 Å². The maximum absolute atomic E-state index is 12.7. The minimum Gasteiger partial charge on any atom is -0.352 e. The van der Waals surface area contributed by atoms with Gasteiger partial charge in [0.15, 0.2) is 0 Å². The van der Waals surface area contributed by atoms with E-state index in [9.17, 15) is 18.0 Å². The lowest BCUT2D eigenvalue weighted by atomic mass is 10.1. The number of sulfonamides is 1. The van der Waals surface area contributed by atoms with Crippen LogP contribution < -0.4 is 14.9 Å². The zero-order valence-corrected chi connectivity index (χ0v) is 18.0. The number of aryl methyl sites for hydroxylation is 2. The first-order valence-electron chi connectivity index (χ1n) is 9.36. The predicted molar refractivity (Wildman–Crippen MR) is 116 cm³/mol. The number of para-hydroxylation sites is 2. The summed E-state index contributed by atoms with van der Waals surface area (Å²) >= 11 is 0. The Morgan fingerprint density at radius 3 is 2.21 bits per heavy atom. The Balaban J connectivity index is 2.28. The van der Waals surface area contributed by atoms with E-state index >= 15 is 0 Å². The summed E-state index contributed by atoms with van der Waals surface area (Å²) in [6, 6.07) is 12.1. The summed E-state index contributed by atoms with van der Waals surface area (Å²) in [7, 11) is -3.70. The van der Waals surface area contributed by atoms with Gasteiger partial charge in [-0.15, -0.1) is 0 Å². The monoisotopic (exact) mass is 417 g/mol. The van der Waals surface area contributed by atoms with Crippen LogP contribution in [0.15, 0.2) is 42.5 Å². The first kappa shape index (κ1) is 22.4. The number of hydrogen-bond acceptors (Lipinski definition) is 4. The van der Waals surface area contributed by atoms with Crippen LogP contribution in [0.4, 0.5) is 11.4 Å². The third kappa shape index (κ3) is 5.80. The molecule has 2 N–H and O–H groups in total. The molecule has 2 amide bonds. The Hall–Kier alpha value is -2.87. The highest BCUT2D eigenvalue weighted by Crippen LogP contribution is 2.26. The van der Waals surface area contributed by atoms with Gasteiger partial charge in [-0.1, -0.05) is 37.3 Å². The van der Waals surface area contributed by atoms with E-state index in [1.807, 2.05) is 13.0 Å². The molecule has 0 aromatic heterocycles. The molecule has 0 spiro atoms. The van der Waals surface area contributed by atoms with Gasteiger partial charge in [0.2, 0.25) is 15.9 Å². The second kappa shape index (κ2) is 9.56. The Labute approximate surface area is 172 Å². The number of carbonyl (C=O) groups excluding carboxylic acids is 2. The van der Waals surface area contributed by atoms with Crippen LogP contribution >= 0.6 is 0 Å². The van der Waals surface area contributed by atoms with Gasteiger partial charge < -0.3 is 10.6 Å². The van der Waals surface area contributed by atoms with Gasteiger partial charge in [-0.2, -0.15) is 0 Å². The fourth-order valence-electron chi connectivity index (χ4n) is 3.01. The van der Waals surface area contributed by atoms with E-state index in [2.05, 4.69) is 10.6 Å². The quantitative estimate of drug-likeness (QED) is 0.690. The van der Waals surface area contributed by atoms with E-state index in [0.717, 1.165) is 28.1 Å². The molecule has 0 unspecified atom stereocenters. The van der Waals surface area contributed by atoms with Crippen molar-refractivity contribution < 1.29 is 18.0 Å². The molecular weight excluding hydrogens is 390 g/mol. The van der Waals surface area contributed by atoms with Gasteiger partial charge in [0.05, 0.1) is 23.2 Å². The van der Waals surface area contributed by atoms with Crippen LogP contribution in [0.25, 0.3) is 0 Å². The summed E-state index contributed by atoms with van der Waals surface area (Å²) in [4.78, 5) is 25.0. The third-order valence-electron chi connectivity index (χ3n) is 4.36. The molecule has 0 heterocycles. The minimum atomic E-state index is -3.70. The van der Waals surface area contributed by atoms with Gasteiger partial charge in [-0.05, 0) is 43.5 Å². The number of amides is 2. The molecular formula is C21H27N3O4S. The predicted octanol–water partition coefficient (Wildman–Crippen LogP) is 2.85. The fraction of sp³-hybridized carbons (Fsp3) is 0.333. The van der Waals surface area contributed by atoms with Gasteiger partial charge in [0.25, 0.3) is 5.91 Å².